The predicted molar refractivity (Wildman–Crippen MR) is 59.4 cm³/mol. The quantitative estimate of drug-likeness (QED) is 0.654. The lowest BCUT2D eigenvalue weighted by atomic mass is 10.2. The van der Waals surface area contributed by atoms with Crippen LogP contribution in [0.1, 0.15) is 5.56 Å². The third-order valence-corrected chi connectivity index (χ3v) is 3.46. The van der Waals surface area contributed by atoms with Gasteiger partial charge in [0.05, 0.1) is 5.69 Å². The molecule has 0 amide bonds. The average molecular weight is 234 g/mol. The standard InChI is InChI=1S/C11H7FN2OS/c12-8-2-1-7-6-16-11-13-4-3-10(15)14(11)9(7)5-8/h1-5H,6H2. The van der Waals surface area contributed by atoms with Gasteiger partial charge in [0.25, 0.3) is 5.56 Å². The third-order valence-electron chi connectivity index (χ3n) is 2.46. The van der Waals surface area contributed by atoms with Gasteiger partial charge in [0, 0.05) is 18.0 Å². The lowest BCUT2D eigenvalue weighted by Crippen LogP contribution is -2.23. The first kappa shape index (κ1) is 9.59. The zero-order chi connectivity index (χ0) is 11.1. The summed E-state index contributed by atoms with van der Waals surface area (Å²) < 4.78 is 14.6. The summed E-state index contributed by atoms with van der Waals surface area (Å²) in [7, 11) is 0. The Balaban J connectivity index is 2.37. The van der Waals surface area contributed by atoms with E-state index in [0.29, 0.717) is 16.6 Å². The Morgan fingerprint density at radius 2 is 2.25 bits per heavy atom. The number of aromatic nitrogens is 2. The zero-order valence-electron chi connectivity index (χ0n) is 8.18. The van der Waals surface area contributed by atoms with E-state index in [1.165, 1.54) is 40.7 Å². The van der Waals surface area contributed by atoms with Crippen molar-refractivity contribution in [1.82, 2.24) is 9.55 Å². The second kappa shape index (κ2) is 3.45. The molecule has 0 bridgehead atoms. The van der Waals surface area contributed by atoms with Crippen molar-refractivity contribution < 1.29 is 4.39 Å². The average Bonchev–Trinajstić information content (AvgIpc) is 2.28. The molecule has 1 aromatic carbocycles. The maximum absolute atomic E-state index is 13.2. The second-order valence-electron chi connectivity index (χ2n) is 3.46. The summed E-state index contributed by atoms with van der Waals surface area (Å²) in [5.41, 5.74) is 1.38. The lowest BCUT2D eigenvalue weighted by molar-refractivity contribution is 0.623. The Labute approximate surface area is 94.9 Å². The van der Waals surface area contributed by atoms with Crippen LogP contribution in [0.3, 0.4) is 0 Å². The summed E-state index contributed by atoms with van der Waals surface area (Å²) in [6.07, 6.45) is 1.48. The van der Waals surface area contributed by atoms with E-state index in [2.05, 4.69) is 4.98 Å². The van der Waals surface area contributed by atoms with Crippen LogP contribution in [-0.4, -0.2) is 9.55 Å². The van der Waals surface area contributed by atoms with Gasteiger partial charge in [-0.1, -0.05) is 17.8 Å². The van der Waals surface area contributed by atoms with Gasteiger partial charge >= 0.3 is 0 Å². The van der Waals surface area contributed by atoms with Crippen LogP contribution >= 0.6 is 11.8 Å². The number of halogens is 1. The fraction of sp³-hybridized carbons (Fsp3) is 0.0909. The van der Waals surface area contributed by atoms with Gasteiger partial charge in [-0.3, -0.25) is 9.36 Å². The molecule has 80 valence electrons. The van der Waals surface area contributed by atoms with E-state index >= 15 is 0 Å². The van der Waals surface area contributed by atoms with Gasteiger partial charge < -0.3 is 0 Å². The molecule has 2 aromatic rings. The first-order chi connectivity index (χ1) is 7.75. The van der Waals surface area contributed by atoms with Crippen molar-refractivity contribution in [1.29, 1.82) is 0 Å². The number of rotatable bonds is 0. The van der Waals surface area contributed by atoms with Crippen LogP contribution in [0.5, 0.6) is 0 Å². The fourth-order valence-electron chi connectivity index (χ4n) is 1.72. The summed E-state index contributed by atoms with van der Waals surface area (Å²) >= 11 is 1.48. The minimum absolute atomic E-state index is 0.177. The summed E-state index contributed by atoms with van der Waals surface area (Å²) in [4.78, 5) is 15.8. The third kappa shape index (κ3) is 1.36. The van der Waals surface area contributed by atoms with Crippen LogP contribution in [-0.2, 0) is 5.75 Å². The monoisotopic (exact) mass is 234 g/mol. The molecular weight excluding hydrogens is 227 g/mol. The minimum atomic E-state index is -0.340. The highest BCUT2D eigenvalue weighted by Crippen LogP contribution is 2.31. The number of benzene rings is 1. The van der Waals surface area contributed by atoms with Crippen molar-refractivity contribution in [2.75, 3.05) is 0 Å². The molecule has 0 saturated heterocycles. The summed E-state index contributed by atoms with van der Waals surface area (Å²) in [6, 6.07) is 5.87. The smallest absolute Gasteiger partial charge is 0.258 e. The molecule has 0 radical (unpaired) electrons. The molecule has 1 aliphatic rings. The largest absolute Gasteiger partial charge is 0.269 e. The van der Waals surface area contributed by atoms with Crippen molar-refractivity contribution in [3.05, 3.63) is 52.2 Å². The molecule has 0 spiro atoms. The summed E-state index contributed by atoms with van der Waals surface area (Å²) in [5.74, 6) is 0.374. The Morgan fingerprint density at radius 3 is 3.12 bits per heavy atom. The minimum Gasteiger partial charge on any atom is -0.269 e. The highest BCUT2D eigenvalue weighted by atomic mass is 32.2. The van der Waals surface area contributed by atoms with Crippen LogP contribution in [0.25, 0.3) is 5.69 Å². The maximum atomic E-state index is 13.2. The van der Waals surface area contributed by atoms with Crippen molar-refractivity contribution in [3.8, 4) is 5.69 Å². The Bertz CT molecular complexity index is 624. The van der Waals surface area contributed by atoms with E-state index in [1.807, 2.05) is 0 Å². The topological polar surface area (TPSA) is 34.9 Å². The summed E-state index contributed by atoms with van der Waals surface area (Å²) in [5, 5.41) is 0.616. The molecule has 5 heteroatoms. The number of fused-ring (bicyclic) bond motifs is 3. The molecule has 0 atom stereocenters. The number of nitrogens with zero attached hydrogens (tertiary/aromatic N) is 2. The van der Waals surface area contributed by atoms with Crippen molar-refractivity contribution >= 4 is 11.8 Å². The van der Waals surface area contributed by atoms with E-state index < -0.39 is 0 Å². The molecule has 1 aromatic heterocycles. The van der Waals surface area contributed by atoms with Gasteiger partial charge in [-0.05, 0) is 17.7 Å². The van der Waals surface area contributed by atoms with Gasteiger partial charge in [0.15, 0.2) is 5.16 Å². The first-order valence-corrected chi connectivity index (χ1v) is 5.74. The van der Waals surface area contributed by atoms with Crippen molar-refractivity contribution in [2.24, 2.45) is 0 Å². The molecule has 0 N–H and O–H groups in total. The van der Waals surface area contributed by atoms with Gasteiger partial charge in [0.2, 0.25) is 0 Å². The van der Waals surface area contributed by atoms with E-state index in [4.69, 9.17) is 0 Å². The van der Waals surface area contributed by atoms with Crippen LogP contribution < -0.4 is 5.56 Å². The molecule has 0 aliphatic carbocycles. The Hall–Kier alpha value is -1.62. The van der Waals surface area contributed by atoms with E-state index in [9.17, 15) is 9.18 Å². The molecule has 16 heavy (non-hydrogen) atoms. The van der Waals surface area contributed by atoms with Gasteiger partial charge in [0.1, 0.15) is 5.82 Å². The van der Waals surface area contributed by atoms with Gasteiger partial charge in [-0.2, -0.15) is 0 Å². The predicted octanol–water partition coefficient (Wildman–Crippen LogP) is 1.98. The molecule has 2 heterocycles. The van der Waals surface area contributed by atoms with E-state index in [-0.39, 0.29) is 11.4 Å². The van der Waals surface area contributed by atoms with Crippen LogP contribution in [0.2, 0.25) is 0 Å². The Kier molecular flexibility index (Phi) is 2.07. The number of hydrogen-bond acceptors (Lipinski definition) is 3. The molecule has 1 aliphatic heterocycles. The normalized spacial score (nSPS) is 13.1. The van der Waals surface area contributed by atoms with E-state index in [0.717, 1.165) is 5.56 Å². The second-order valence-corrected chi connectivity index (χ2v) is 4.41. The maximum Gasteiger partial charge on any atom is 0.258 e. The van der Waals surface area contributed by atoms with Gasteiger partial charge in [-0.25, -0.2) is 9.37 Å². The van der Waals surface area contributed by atoms with Gasteiger partial charge in [-0.15, -0.1) is 0 Å². The highest BCUT2D eigenvalue weighted by molar-refractivity contribution is 7.98. The molecule has 0 fully saturated rings. The molecular formula is C11H7FN2OS. The zero-order valence-corrected chi connectivity index (χ0v) is 9.00. The highest BCUT2D eigenvalue weighted by Gasteiger charge is 2.18. The van der Waals surface area contributed by atoms with E-state index in [1.54, 1.807) is 6.07 Å². The SMILES string of the molecule is O=c1ccnc2n1-c1cc(F)ccc1CS2. The lowest BCUT2D eigenvalue weighted by Gasteiger charge is -2.19. The van der Waals surface area contributed by atoms with Crippen LogP contribution in [0.4, 0.5) is 4.39 Å². The number of hydrogen-bond donors (Lipinski definition) is 0. The molecule has 0 saturated carbocycles. The Morgan fingerprint density at radius 1 is 1.38 bits per heavy atom. The molecule has 3 nitrogen and oxygen atoms in total. The van der Waals surface area contributed by atoms with Crippen LogP contribution in [0, 0.1) is 5.82 Å². The van der Waals surface area contributed by atoms with Crippen LogP contribution in [0.15, 0.2) is 40.4 Å². The molecule has 3 rings (SSSR count). The fourth-order valence-corrected chi connectivity index (χ4v) is 2.71. The first-order valence-electron chi connectivity index (χ1n) is 4.75. The van der Waals surface area contributed by atoms with Crippen molar-refractivity contribution in [2.45, 2.75) is 10.9 Å². The number of thioether (sulfide) groups is 1. The van der Waals surface area contributed by atoms with Crippen molar-refractivity contribution in [3.63, 3.8) is 0 Å². The molecule has 0 unspecified atom stereocenters. The summed E-state index contributed by atoms with van der Waals surface area (Å²) in [6.45, 7) is 0.